The summed E-state index contributed by atoms with van der Waals surface area (Å²) in [5.74, 6) is 1.77. The molecule has 0 bridgehead atoms. The molecule has 4 heteroatoms. The second-order valence-corrected chi connectivity index (χ2v) is 4.08. The predicted molar refractivity (Wildman–Crippen MR) is 67.7 cm³/mol. The Hall–Kier alpha value is -1.26. The number of rotatable bonds is 6. The molecule has 0 atom stereocenters. The molecular weight excluding hydrogens is 216 g/mol. The monoisotopic (exact) mass is 236 g/mol. The molecule has 2 rings (SSSR count). The first kappa shape index (κ1) is 12.2. The molecule has 0 aliphatic carbocycles. The highest BCUT2D eigenvalue weighted by molar-refractivity contribution is 5.47. The number of fused-ring (bicyclic) bond motifs is 1. The van der Waals surface area contributed by atoms with Crippen molar-refractivity contribution in [2.75, 3.05) is 33.4 Å². The third-order valence-electron chi connectivity index (χ3n) is 2.74. The molecule has 1 aromatic rings. The lowest BCUT2D eigenvalue weighted by Crippen LogP contribution is -2.21. The summed E-state index contributed by atoms with van der Waals surface area (Å²) in [6.07, 6.45) is 1.13. The summed E-state index contributed by atoms with van der Waals surface area (Å²) < 4.78 is 11.2. The van der Waals surface area contributed by atoms with Gasteiger partial charge in [0.15, 0.2) is 11.5 Å². The maximum Gasteiger partial charge on any atom is 0.165 e. The average molecular weight is 236 g/mol. The fourth-order valence-corrected chi connectivity index (χ4v) is 1.89. The summed E-state index contributed by atoms with van der Waals surface area (Å²) in [5, 5.41) is 6.54. The molecule has 1 aromatic carbocycles. The van der Waals surface area contributed by atoms with Gasteiger partial charge >= 0.3 is 0 Å². The van der Waals surface area contributed by atoms with Gasteiger partial charge < -0.3 is 20.1 Å². The normalized spacial score (nSPS) is 13.7. The van der Waals surface area contributed by atoms with Crippen LogP contribution in [0, 0.1) is 0 Å². The number of benzene rings is 1. The van der Waals surface area contributed by atoms with Crippen molar-refractivity contribution in [1.29, 1.82) is 0 Å². The molecule has 1 aliphatic rings. The van der Waals surface area contributed by atoms with E-state index in [-0.39, 0.29) is 0 Å². The first-order chi connectivity index (χ1) is 8.42. The molecule has 17 heavy (non-hydrogen) atoms. The molecule has 0 spiro atoms. The van der Waals surface area contributed by atoms with Gasteiger partial charge in [-0.3, -0.25) is 0 Å². The van der Waals surface area contributed by atoms with Crippen LogP contribution in [0.4, 0.5) is 0 Å². The van der Waals surface area contributed by atoms with Crippen molar-refractivity contribution in [2.45, 2.75) is 13.0 Å². The fourth-order valence-electron chi connectivity index (χ4n) is 1.89. The van der Waals surface area contributed by atoms with E-state index in [1.807, 2.05) is 19.2 Å². The van der Waals surface area contributed by atoms with Crippen LogP contribution >= 0.6 is 0 Å². The van der Waals surface area contributed by atoms with Crippen LogP contribution in [-0.2, 0) is 6.54 Å². The zero-order valence-corrected chi connectivity index (χ0v) is 10.3. The number of hydrogen-bond acceptors (Lipinski definition) is 4. The van der Waals surface area contributed by atoms with Crippen molar-refractivity contribution >= 4 is 0 Å². The minimum atomic E-state index is 0.643. The lowest BCUT2D eigenvalue weighted by atomic mass is 10.1. The molecule has 0 aromatic heterocycles. The van der Waals surface area contributed by atoms with E-state index >= 15 is 0 Å². The van der Waals surface area contributed by atoms with Gasteiger partial charge in [-0.1, -0.05) is 12.1 Å². The van der Waals surface area contributed by atoms with Crippen LogP contribution in [0.5, 0.6) is 11.5 Å². The summed E-state index contributed by atoms with van der Waals surface area (Å²) >= 11 is 0. The minimum absolute atomic E-state index is 0.643. The molecule has 0 unspecified atom stereocenters. The Morgan fingerprint density at radius 1 is 1.18 bits per heavy atom. The van der Waals surface area contributed by atoms with Gasteiger partial charge in [0, 0.05) is 12.1 Å². The maximum absolute atomic E-state index is 5.66. The number of hydrogen-bond donors (Lipinski definition) is 2. The highest BCUT2D eigenvalue weighted by Gasteiger charge is 2.14. The molecule has 4 nitrogen and oxygen atoms in total. The van der Waals surface area contributed by atoms with E-state index in [4.69, 9.17) is 9.47 Å². The van der Waals surface area contributed by atoms with E-state index in [1.54, 1.807) is 0 Å². The largest absolute Gasteiger partial charge is 0.486 e. The zero-order valence-electron chi connectivity index (χ0n) is 10.3. The number of para-hydroxylation sites is 1. The molecule has 0 radical (unpaired) electrons. The van der Waals surface area contributed by atoms with Crippen LogP contribution in [0.25, 0.3) is 0 Å². The van der Waals surface area contributed by atoms with Crippen molar-refractivity contribution < 1.29 is 9.47 Å². The van der Waals surface area contributed by atoms with Gasteiger partial charge in [-0.25, -0.2) is 0 Å². The van der Waals surface area contributed by atoms with Crippen LogP contribution in [0.15, 0.2) is 18.2 Å². The third-order valence-corrected chi connectivity index (χ3v) is 2.74. The van der Waals surface area contributed by atoms with Gasteiger partial charge in [0.25, 0.3) is 0 Å². The van der Waals surface area contributed by atoms with Gasteiger partial charge in [0.05, 0.1) is 0 Å². The third kappa shape index (κ3) is 3.35. The fraction of sp³-hybridized carbons (Fsp3) is 0.538. The number of ether oxygens (including phenoxy) is 2. The van der Waals surface area contributed by atoms with E-state index in [0.717, 1.165) is 37.6 Å². The second kappa shape index (κ2) is 6.47. The number of nitrogens with one attached hydrogen (secondary N) is 2. The summed E-state index contributed by atoms with van der Waals surface area (Å²) in [6.45, 7) is 4.16. The van der Waals surface area contributed by atoms with Crippen molar-refractivity contribution in [1.82, 2.24) is 10.6 Å². The summed E-state index contributed by atoms with van der Waals surface area (Å²) in [7, 11) is 1.97. The molecule has 1 aliphatic heterocycles. The SMILES string of the molecule is CNCCCNCc1cccc2c1OCCO2. The Kier molecular flexibility index (Phi) is 4.64. The lowest BCUT2D eigenvalue weighted by Gasteiger charge is -2.21. The van der Waals surface area contributed by atoms with Crippen molar-refractivity contribution in [3.63, 3.8) is 0 Å². The Labute approximate surface area is 102 Å². The minimum Gasteiger partial charge on any atom is -0.486 e. The topological polar surface area (TPSA) is 42.5 Å². The summed E-state index contributed by atoms with van der Waals surface area (Å²) in [6, 6.07) is 6.05. The quantitative estimate of drug-likeness (QED) is 0.727. The molecule has 1 heterocycles. The molecular formula is C13H20N2O2. The highest BCUT2D eigenvalue weighted by atomic mass is 16.6. The Morgan fingerprint density at radius 2 is 2.06 bits per heavy atom. The molecule has 0 amide bonds. The molecule has 2 N–H and O–H groups in total. The second-order valence-electron chi connectivity index (χ2n) is 4.08. The van der Waals surface area contributed by atoms with Gasteiger partial charge in [-0.2, -0.15) is 0 Å². The van der Waals surface area contributed by atoms with E-state index < -0.39 is 0 Å². The first-order valence-corrected chi connectivity index (χ1v) is 6.14. The van der Waals surface area contributed by atoms with Crippen molar-refractivity contribution in [3.8, 4) is 11.5 Å². The van der Waals surface area contributed by atoms with E-state index in [9.17, 15) is 0 Å². The molecule has 0 saturated carbocycles. The van der Waals surface area contributed by atoms with Crippen LogP contribution in [-0.4, -0.2) is 33.4 Å². The van der Waals surface area contributed by atoms with Gasteiger partial charge in [-0.15, -0.1) is 0 Å². The predicted octanol–water partition coefficient (Wildman–Crippen LogP) is 1.16. The van der Waals surface area contributed by atoms with Gasteiger partial charge in [0.1, 0.15) is 13.2 Å². The summed E-state index contributed by atoms with van der Waals surface area (Å²) in [4.78, 5) is 0. The molecule has 94 valence electrons. The first-order valence-electron chi connectivity index (χ1n) is 6.14. The van der Waals surface area contributed by atoms with Crippen LogP contribution in [0.3, 0.4) is 0 Å². The zero-order chi connectivity index (χ0) is 11.9. The smallest absolute Gasteiger partial charge is 0.165 e. The molecule has 0 saturated heterocycles. The Balaban J connectivity index is 1.87. The standard InChI is InChI=1S/C13H20N2O2/c1-14-6-3-7-15-10-11-4-2-5-12-13(11)17-9-8-16-12/h2,4-5,14-15H,3,6-10H2,1H3. The average Bonchev–Trinajstić information content (AvgIpc) is 2.39. The van der Waals surface area contributed by atoms with E-state index in [2.05, 4.69) is 16.7 Å². The maximum atomic E-state index is 5.66. The highest BCUT2D eigenvalue weighted by Crippen LogP contribution is 2.33. The Bertz CT molecular complexity index is 355. The van der Waals surface area contributed by atoms with Crippen molar-refractivity contribution in [3.05, 3.63) is 23.8 Å². The lowest BCUT2D eigenvalue weighted by molar-refractivity contribution is 0.169. The van der Waals surface area contributed by atoms with Crippen LogP contribution < -0.4 is 20.1 Å². The van der Waals surface area contributed by atoms with E-state index in [0.29, 0.717) is 13.2 Å². The van der Waals surface area contributed by atoms with Gasteiger partial charge in [-0.05, 0) is 32.6 Å². The van der Waals surface area contributed by atoms with Crippen LogP contribution in [0.2, 0.25) is 0 Å². The molecule has 0 fully saturated rings. The van der Waals surface area contributed by atoms with Crippen LogP contribution in [0.1, 0.15) is 12.0 Å². The van der Waals surface area contributed by atoms with Gasteiger partial charge in [0.2, 0.25) is 0 Å². The van der Waals surface area contributed by atoms with Crippen molar-refractivity contribution in [2.24, 2.45) is 0 Å². The Morgan fingerprint density at radius 3 is 2.94 bits per heavy atom. The summed E-state index contributed by atoms with van der Waals surface area (Å²) in [5.41, 5.74) is 1.17. The van der Waals surface area contributed by atoms with E-state index in [1.165, 1.54) is 5.56 Å².